The van der Waals surface area contributed by atoms with E-state index in [0.29, 0.717) is 0 Å². The standard InChI is InChI=1S/C16H26N2O/c1-16(2,13-19)15-6-4-14(5-7-15)12-18-10-8-17(3)9-11-18/h4-7,19H,8-13H2,1-3H3. The fourth-order valence-electron chi connectivity index (χ4n) is 2.42. The van der Waals surface area contributed by atoms with Gasteiger partial charge in [-0.2, -0.15) is 0 Å². The molecule has 0 aliphatic carbocycles. The maximum Gasteiger partial charge on any atom is 0.0522 e. The quantitative estimate of drug-likeness (QED) is 0.895. The predicted octanol–water partition coefficient (Wildman–Crippen LogP) is 1.70. The predicted molar refractivity (Wildman–Crippen MR) is 79.3 cm³/mol. The van der Waals surface area contributed by atoms with Gasteiger partial charge in [-0.1, -0.05) is 38.1 Å². The van der Waals surface area contributed by atoms with Crippen molar-refractivity contribution in [3.63, 3.8) is 0 Å². The van der Waals surface area contributed by atoms with Crippen LogP contribution in [0, 0.1) is 0 Å². The van der Waals surface area contributed by atoms with E-state index in [1.54, 1.807) is 0 Å². The maximum absolute atomic E-state index is 9.39. The lowest BCUT2D eigenvalue weighted by molar-refractivity contribution is 0.148. The minimum Gasteiger partial charge on any atom is -0.395 e. The first-order chi connectivity index (χ1) is 9.01. The molecule has 1 aromatic rings. The molecule has 3 nitrogen and oxygen atoms in total. The first-order valence-corrected chi connectivity index (χ1v) is 7.12. The molecular weight excluding hydrogens is 236 g/mol. The van der Waals surface area contributed by atoms with Gasteiger partial charge in [-0.25, -0.2) is 0 Å². The zero-order valence-electron chi connectivity index (χ0n) is 12.4. The van der Waals surface area contributed by atoms with E-state index in [-0.39, 0.29) is 12.0 Å². The number of likely N-dealkylation sites (N-methyl/N-ethyl adjacent to an activating group) is 1. The van der Waals surface area contributed by atoms with E-state index in [4.69, 9.17) is 0 Å². The molecule has 1 N–H and O–H groups in total. The summed E-state index contributed by atoms with van der Waals surface area (Å²) in [6.45, 7) is 10.00. The smallest absolute Gasteiger partial charge is 0.0522 e. The lowest BCUT2D eigenvalue weighted by atomic mass is 9.85. The van der Waals surface area contributed by atoms with Gasteiger partial charge in [-0.15, -0.1) is 0 Å². The first kappa shape index (κ1) is 14.5. The van der Waals surface area contributed by atoms with Crippen molar-refractivity contribution >= 4 is 0 Å². The molecule has 0 unspecified atom stereocenters. The number of nitrogens with zero attached hydrogens (tertiary/aromatic N) is 2. The van der Waals surface area contributed by atoms with Crippen LogP contribution < -0.4 is 0 Å². The van der Waals surface area contributed by atoms with Gasteiger partial charge < -0.3 is 10.0 Å². The molecule has 2 rings (SSSR count). The number of benzene rings is 1. The highest BCUT2D eigenvalue weighted by atomic mass is 16.3. The number of piperazine rings is 1. The van der Waals surface area contributed by atoms with Crippen molar-refractivity contribution in [2.24, 2.45) is 0 Å². The van der Waals surface area contributed by atoms with Gasteiger partial charge >= 0.3 is 0 Å². The van der Waals surface area contributed by atoms with Crippen LogP contribution in [0.15, 0.2) is 24.3 Å². The van der Waals surface area contributed by atoms with E-state index >= 15 is 0 Å². The van der Waals surface area contributed by atoms with Gasteiger partial charge in [0.2, 0.25) is 0 Å². The minimum atomic E-state index is -0.146. The van der Waals surface area contributed by atoms with Crippen molar-refractivity contribution in [3.8, 4) is 0 Å². The van der Waals surface area contributed by atoms with Crippen LogP contribution in [-0.4, -0.2) is 54.7 Å². The van der Waals surface area contributed by atoms with Crippen molar-refractivity contribution in [3.05, 3.63) is 35.4 Å². The van der Waals surface area contributed by atoms with E-state index in [1.807, 2.05) is 0 Å². The molecule has 1 fully saturated rings. The summed E-state index contributed by atoms with van der Waals surface area (Å²) in [6, 6.07) is 8.71. The van der Waals surface area contributed by atoms with Gasteiger partial charge in [-0.3, -0.25) is 4.90 Å². The first-order valence-electron chi connectivity index (χ1n) is 7.12. The molecule has 1 heterocycles. The number of aliphatic hydroxyl groups excluding tert-OH is 1. The normalized spacial score (nSPS) is 18.7. The largest absolute Gasteiger partial charge is 0.395 e. The fraction of sp³-hybridized carbons (Fsp3) is 0.625. The summed E-state index contributed by atoms with van der Waals surface area (Å²) in [5, 5.41) is 9.39. The summed E-state index contributed by atoms with van der Waals surface area (Å²) in [5.74, 6) is 0. The zero-order valence-corrected chi connectivity index (χ0v) is 12.4. The molecule has 0 atom stereocenters. The van der Waals surface area contributed by atoms with E-state index in [2.05, 4.69) is 55.0 Å². The Bertz CT molecular complexity index is 392. The Morgan fingerprint density at radius 1 is 1.05 bits per heavy atom. The van der Waals surface area contributed by atoms with Crippen LogP contribution in [0.3, 0.4) is 0 Å². The van der Waals surface area contributed by atoms with Gasteiger partial charge in [0.05, 0.1) is 6.61 Å². The number of hydrogen-bond donors (Lipinski definition) is 1. The minimum absolute atomic E-state index is 0.146. The average molecular weight is 262 g/mol. The summed E-state index contributed by atoms with van der Waals surface area (Å²) in [6.07, 6.45) is 0. The number of hydrogen-bond acceptors (Lipinski definition) is 3. The molecule has 19 heavy (non-hydrogen) atoms. The Labute approximate surface area is 116 Å². The van der Waals surface area contributed by atoms with Crippen molar-refractivity contribution in [2.75, 3.05) is 39.8 Å². The summed E-state index contributed by atoms with van der Waals surface area (Å²) in [4.78, 5) is 4.88. The highest BCUT2D eigenvalue weighted by molar-refractivity contribution is 5.28. The highest BCUT2D eigenvalue weighted by Gasteiger charge is 2.19. The van der Waals surface area contributed by atoms with Crippen LogP contribution in [0.4, 0.5) is 0 Å². The van der Waals surface area contributed by atoms with E-state index < -0.39 is 0 Å². The second-order valence-corrected chi connectivity index (χ2v) is 6.32. The zero-order chi connectivity index (χ0) is 13.9. The molecule has 0 amide bonds. The van der Waals surface area contributed by atoms with Gasteiger partial charge in [-0.05, 0) is 18.2 Å². The number of aliphatic hydroxyl groups is 1. The summed E-state index contributed by atoms with van der Waals surface area (Å²) >= 11 is 0. The van der Waals surface area contributed by atoms with Crippen molar-refractivity contribution < 1.29 is 5.11 Å². The molecule has 0 saturated carbocycles. The Balaban J connectivity index is 1.95. The van der Waals surface area contributed by atoms with Crippen LogP contribution in [0.5, 0.6) is 0 Å². The Hall–Kier alpha value is -0.900. The van der Waals surface area contributed by atoms with Gasteiger partial charge in [0.15, 0.2) is 0 Å². The third-order valence-corrected chi connectivity index (χ3v) is 4.13. The maximum atomic E-state index is 9.39. The third-order valence-electron chi connectivity index (χ3n) is 4.13. The molecule has 0 aromatic heterocycles. The monoisotopic (exact) mass is 262 g/mol. The van der Waals surface area contributed by atoms with Crippen LogP contribution >= 0.6 is 0 Å². The summed E-state index contributed by atoms with van der Waals surface area (Å²) in [5.41, 5.74) is 2.42. The summed E-state index contributed by atoms with van der Waals surface area (Å²) in [7, 11) is 2.18. The van der Waals surface area contributed by atoms with Crippen LogP contribution in [0.1, 0.15) is 25.0 Å². The fourth-order valence-corrected chi connectivity index (χ4v) is 2.42. The lowest BCUT2D eigenvalue weighted by Crippen LogP contribution is -2.43. The third kappa shape index (κ3) is 3.78. The molecular formula is C16H26N2O. The van der Waals surface area contributed by atoms with E-state index in [1.165, 1.54) is 11.1 Å². The molecule has 1 aliphatic rings. The van der Waals surface area contributed by atoms with Crippen molar-refractivity contribution in [2.45, 2.75) is 25.8 Å². The van der Waals surface area contributed by atoms with Crippen molar-refractivity contribution in [1.82, 2.24) is 9.80 Å². The van der Waals surface area contributed by atoms with Crippen LogP contribution in [0.25, 0.3) is 0 Å². The molecule has 106 valence electrons. The second kappa shape index (κ2) is 6.04. The molecule has 1 aromatic carbocycles. The van der Waals surface area contributed by atoms with E-state index in [9.17, 15) is 5.11 Å². The second-order valence-electron chi connectivity index (χ2n) is 6.32. The Morgan fingerprint density at radius 2 is 1.63 bits per heavy atom. The molecule has 0 spiro atoms. The Kier molecular flexibility index (Phi) is 4.61. The van der Waals surface area contributed by atoms with Crippen LogP contribution in [0.2, 0.25) is 0 Å². The van der Waals surface area contributed by atoms with Crippen LogP contribution in [-0.2, 0) is 12.0 Å². The summed E-state index contributed by atoms with van der Waals surface area (Å²) < 4.78 is 0. The van der Waals surface area contributed by atoms with Gasteiger partial charge in [0.25, 0.3) is 0 Å². The van der Waals surface area contributed by atoms with E-state index in [0.717, 1.165) is 32.7 Å². The molecule has 0 bridgehead atoms. The average Bonchev–Trinajstić information content (AvgIpc) is 2.42. The highest BCUT2D eigenvalue weighted by Crippen LogP contribution is 2.23. The van der Waals surface area contributed by atoms with Crippen molar-refractivity contribution in [1.29, 1.82) is 0 Å². The molecule has 1 saturated heterocycles. The van der Waals surface area contributed by atoms with Gasteiger partial charge in [0.1, 0.15) is 0 Å². The molecule has 0 radical (unpaired) electrons. The Morgan fingerprint density at radius 3 is 2.16 bits per heavy atom. The molecule has 3 heteroatoms. The topological polar surface area (TPSA) is 26.7 Å². The van der Waals surface area contributed by atoms with Gasteiger partial charge in [0, 0.05) is 38.1 Å². The number of rotatable bonds is 4. The molecule has 1 aliphatic heterocycles. The lowest BCUT2D eigenvalue weighted by Gasteiger charge is -2.32. The SMILES string of the molecule is CN1CCN(Cc2ccc(C(C)(C)CO)cc2)CC1.